The van der Waals surface area contributed by atoms with Gasteiger partial charge in [0.25, 0.3) is 0 Å². The van der Waals surface area contributed by atoms with Crippen LogP contribution in [0, 0.1) is 0 Å². The fourth-order valence-electron chi connectivity index (χ4n) is 2.51. The molecule has 0 unspecified atom stereocenters. The minimum atomic E-state index is 0.743. The summed E-state index contributed by atoms with van der Waals surface area (Å²) in [5, 5.41) is 13.1. The summed E-state index contributed by atoms with van der Waals surface area (Å²) in [6.07, 6.45) is 0. The maximum atomic E-state index is 5.39. The largest absolute Gasteiger partial charge is 0.378 e. The van der Waals surface area contributed by atoms with E-state index >= 15 is 0 Å². The van der Waals surface area contributed by atoms with Crippen LogP contribution in [0.2, 0.25) is 0 Å². The van der Waals surface area contributed by atoms with Crippen molar-refractivity contribution < 1.29 is 4.74 Å². The van der Waals surface area contributed by atoms with Gasteiger partial charge in [0.2, 0.25) is 0 Å². The molecule has 6 nitrogen and oxygen atoms in total. The van der Waals surface area contributed by atoms with Gasteiger partial charge in [-0.05, 0) is 12.1 Å². The quantitative estimate of drug-likeness (QED) is 0.714. The standard InChI is InChI=1S/C15H15N5O/c1-2-4-12(5-3-1)15-17-16-13-6-7-14(18-20(13)15)19-8-10-21-11-9-19/h1-7H,8-11H2. The molecule has 0 atom stereocenters. The van der Waals surface area contributed by atoms with E-state index in [0.29, 0.717) is 0 Å². The Labute approximate surface area is 122 Å². The molecule has 4 rings (SSSR count). The Hall–Kier alpha value is -2.47. The van der Waals surface area contributed by atoms with Gasteiger partial charge in [0, 0.05) is 18.7 Å². The summed E-state index contributed by atoms with van der Waals surface area (Å²) in [4.78, 5) is 2.22. The Kier molecular flexibility index (Phi) is 3.01. The molecule has 3 heterocycles. The van der Waals surface area contributed by atoms with Crippen molar-refractivity contribution in [1.82, 2.24) is 19.8 Å². The number of morpholine rings is 1. The van der Waals surface area contributed by atoms with E-state index in [4.69, 9.17) is 9.84 Å². The zero-order chi connectivity index (χ0) is 14.1. The number of anilines is 1. The van der Waals surface area contributed by atoms with Crippen molar-refractivity contribution in [3.05, 3.63) is 42.5 Å². The Morgan fingerprint density at radius 3 is 2.52 bits per heavy atom. The van der Waals surface area contributed by atoms with E-state index in [-0.39, 0.29) is 0 Å². The van der Waals surface area contributed by atoms with Crippen LogP contribution in [0.15, 0.2) is 42.5 Å². The maximum Gasteiger partial charge on any atom is 0.185 e. The Morgan fingerprint density at radius 1 is 0.905 bits per heavy atom. The first-order valence-corrected chi connectivity index (χ1v) is 7.02. The molecule has 6 heteroatoms. The van der Waals surface area contributed by atoms with Crippen LogP contribution in [0.25, 0.3) is 17.0 Å². The first-order valence-electron chi connectivity index (χ1n) is 7.02. The average molecular weight is 281 g/mol. The molecule has 0 aliphatic carbocycles. The molecule has 0 bridgehead atoms. The summed E-state index contributed by atoms with van der Waals surface area (Å²) in [6, 6.07) is 13.9. The van der Waals surface area contributed by atoms with Crippen molar-refractivity contribution >= 4 is 11.5 Å². The summed E-state index contributed by atoms with van der Waals surface area (Å²) in [7, 11) is 0. The molecule has 3 aromatic rings. The summed E-state index contributed by atoms with van der Waals surface area (Å²) in [6.45, 7) is 3.21. The van der Waals surface area contributed by atoms with Crippen LogP contribution in [0.3, 0.4) is 0 Å². The van der Waals surface area contributed by atoms with E-state index in [1.165, 1.54) is 0 Å². The van der Waals surface area contributed by atoms with Crippen molar-refractivity contribution in [2.45, 2.75) is 0 Å². The van der Waals surface area contributed by atoms with Crippen molar-refractivity contribution in [2.75, 3.05) is 31.2 Å². The molecule has 1 saturated heterocycles. The Balaban J connectivity index is 1.79. The molecule has 1 aliphatic rings. The zero-order valence-electron chi connectivity index (χ0n) is 11.5. The number of fused-ring (bicyclic) bond motifs is 1. The lowest BCUT2D eigenvalue weighted by atomic mass is 10.2. The van der Waals surface area contributed by atoms with Crippen molar-refractivity contribution in [1.29, 1.82) is 0 Å². The third-order valence-corrected chi connectivity index (χ3v) is 3.62. The number of nitrogens with zero attached hydrogens (tertiary/aromatic N) is 5. The van der Waals surface area contributed by atoms with Gasteiger partial charge >= 0.3 is 0 Å². The smallest absolute Gasteiger partial charge is 0.185 e. The van der Waals surface area contributed by atoms with Crippen molar-refractivity contribution in [2.24, 2.45) is 0 Å². The predicted molar refractivity (Wildman–Crippen MR) is 79.3 cm³/mol. The second-order valence-corrected chi connectivity index (χ2v) is 4.95. The monoisotopic (exact) mass is 281 g/mol. The lowest BCUT2D eigenvalue weighted by Gasteiger charge is -2.27. The average Bonchev–Trinajstić information content (AvgIpc) is 2.99. The van der Waals surface area contributed by atoms with Crippen LogP contribution in [-0.2, 0) is 4.74 Å². The van der Waals surface area contributed by atoms with Crippen molar-refractivity contribution in [3.8, 4) is 11.4 Å². The van der Waals surface area contributed by atoms with Gasteiger partial charge in [0.05, 0.1) is 13.2 Å². The van der Waals surface area contributed by atoms with E-state index < -0.39 is 0 Å². The van der Waals surface area contributed by atoms with Gasteiger partial charge < -0.3 is 9.64 Å². The highest BCUT2D eigenvalue weighted by Gasteiger charge is 2.15. The van der Waals surface area contributed by atoms with E-state index in [2.05, 4.69) is 15.1 Å². The highest BCUT2D eigenvalue weighted by Crippen LogP contribution is 2.19. The summed E-state index contributed by atoms with van der Waals surface area (Å²) >= 11 is 0. The van der Waals surface area contributed by atoms with Crippen LogP contribution in [-0.4, -0.2) is 46.1 Å². The van der Waals surface area contributed by atoms with E-state index in [1.807, 2.05) is 42.5 Å². The summed E-state index contributed by atoms with van der Waals surface area (Å²) in [5.41, 5.74) is 1.77. The van der Waals surface area contributed by atoms with Gasteiger partial charge in [-0.25, -0.2) is 0 Å². The predicted octanol–water partition coefficient (Wildman–Crippen LogP) is 1.63. The molecule has 1 aromatic carbocycles. The fraction of sp³-hybridized carbons (Fsp3) is 0.267. The number of rotatable bonds is 2. The number of hydrogen-bond donors (Lipinski definition) is 0. The van der Waals surface area contributed by atoms with Crippen molar-refractivity contribution in [3.63, 3.8) is 0 Å². The molecule has 0 spiro atoms. The Morgan fingerprint density at radius 2 is 1.71 bits per heavy atom. The molecule has 1 aliphatic heterocycles. The summed E-state index contributed by atoms with van der Waals surface area (Å²) in [5.74, 6) is 1.70. The number of ether oxygens (including phenoxy) is 1. The van der Waals surface area contributed by atoms with Crippen LogP contribution >= 0.6 is 0 Å². The van der Waals surface area contributed by atoms with E-state index in [0.717, 1.165) is 49.2 Å². The third kappa shape index (κ3) is 2.23. The number of hydrogen-bond acceptors (Lipinski definition) is 5. The molecule has 1 fully saturated rings. The topological polar surface area (TPSA) is 55.5 Å². The lowest BCUT2D eigenvalue weighted by molar-refractivity contribution is 0.122. The second-order valence-electron chi connectivity index (χ2n) is 4.95. The third-order valence-electron chi connectivity index (χ3n) is 3.62. The number of benzene rings is 1. The first kappa shape index (κ1) is 12.3. The van der Waals surface area contributed by atoms with Gasteiger partial charge in [-0.3, -0.25) is 0 Å². The normalized spacial score (nSPS) is 15.5. The van der Waals surface area contributed by atoms with Gasteiger partial charge in [0.15, 0.2) is 11.5 Å². The first-order chi connectivity index (χ1) is 10.4. The Bertz CT molecular complexity index is 749. The van der Waals surface area contributed by atoms with Crippen LogP contribution in [0.5, 0.6) is 0 Å². The van der Waals surface area contributed by atoms with Gasteiger partial charge in [-0.15, -0.1) is 15.3 Å². The molecule has 0 amide bonds. The zero-order valence-corrected chi connectivity index (χ0v) is 11.5. The second kappa shape index (κ2) is 5.14. The van der Waals surface area contributed by atoms with Gasteiger partial charge in [-0.1, -0.05) is 30.3 Å². The minimum absolute atomic E-state index is 0.743. The molecular formula is C15H15N5O. The van der Waals surface area contributed by atoms with Gasteiger partial charge in [-0.2, -0.15) is 4.52 Å². The molecule has 106 valence electrons. The lowest BCUT2D eigenvalue weighted by Crippen LogP contribution is -2.37. The van der Waals surface area contributed by atoms with Crippen LogP contribution in [0.4, 0.5) is 5.82 Å². The van der Waals surface area contributed by atoms with E-state index in [9.17, 15) is 0 Å². The minimum Gasteiger partial charge on any atom is -0.378 e. The van der Waals surface area contributed by atoms with Crippen LogP contribution < -0.4 is 4.90 Å². The number of aromatic nitrogens is 4. The van der Waals surface area contributed by atoms with Gasteiger partial charge in [0.1, 0.15) is 5.82 Å². The molecule has 0 saturated carbocycles. The molecule has 2 aromatic heterocycles. The molecule has 21 heavy (non-hydrogen) atoms. The maximum absolute atomic E-state index is 5.39. The van der Waals surface area contributed by atoms with Crippen LogP contribution in [0.1, 0.15) is 0 Å². The highest BCUT2D eigenvalue weighted by molar-refractivity contribution is 5.59. The SMILES string of the molecule is c1ccc(-c2nnc3ccc(N4CCOCC4)nn23)cc1. The fourth-order valence-corrected chi connectivity index (χ4v) is 2.51. The van der Waals surface area contributed by atoms with E-state index in [1.54, 1.807) is 4.52 Å². The molecule has 0 radical (unpaired) electrons. The molecule has 0 N–H and O–H groups in total. The highest BCUT2D eigenvalue weighted by atomic mass is 16.5. The summed E-state index contributed by atoms with van der Waals surface area (Å²) < 4.78 is 7.19. The molecular weight excluding hydrogens is 266 g/mol.